The van der Waals surface area contributed by atoms with Gasteiger partial charge in [0.1, 0.15) is 12.0 Å². The predicted octanol–water partition coefficient (Wildman–Crippen LogP) is 2.13. The third kappa shape index (κ3) is 6.53. The minimum atomic E-state index is -1.20. The summed E-state index contributed by atoms with van der Waals surface area (Å²) in [5, 5.41) is 5.55. The maximum Gasteiger partial charge on any atom is 0.414 e. The number of amides is 3. The van der Waals surface area contributed by atoms with Gasteiger partial charge in [-0.2, -0.15) is 4.98 Å². The SMILES string of the molecule is CN1CCC(NC(=O)Oc2ccnc(N3CC[C@@H](F)[C@@H](N(C)C(=O)Nc4ccccn4)C3)n2)CC1. The van der Waals surface area contributed by atoms with E-state index < -0.39 is 24.3 Å². The van der Waals surface area contributed by atoms with E-state index in [-0.39, 0.29) is 24.9 Å². The number of nitrogens with one attached hydrogen (secondary N) is 2. The van der Waals surface area contributed by atoms with Gasteiger partial charge in [-0.15, -0.1) is 0 Å². The zero-order chi connectivity index (χ0) is 24.8. The quantitative estimate of drug-likeness (QED) is 0.661. The molecule has 4 heterocycles. The maximum absolute atomic E-state index is 14.8. The Balaban J connectivity index is 1.35. The lowest BCUT2D eigenvalue weighted by atomic mass is 10.0. The molecule has 0 radical (unpaired) electrons. The van der Waals surface area contributed by atoms with Gasteiger partial charge >= 0.3 is 12.1 Å². The lowest BCUT2D eigenvalue weighted by Gasteiger charge is -2.39. The van der Waals surface area contributed by atoms with Gasteiger partial charge in [0.15, 0.2) is 0 Å². The van der Waals surface area contributed by atoms with Gasteiger partial charge in [-0.05, 0) is 51.5 Å². The van der Waals surface area contributed by atoms with Crippen LogP contribution in [0.4, 0.5) is 25.7 Å². The number of carbonyl (C=O) groups is 2. The van der Waals surface area contributed by atoms with E-state index in [1.165, 1.54) is 17.2 Å². The first-order valence-electron chi connectivity index (χ1n) is 11.7. The van der Waals surface area contributed by atoms with Crippen LogP contribution in [-0.2, 0) is 0 Å². The Morgan fingerprint density at radius 3 is 2.66 bits per heavy atom. The number of piperidine rings is 2. The van der Waals surface area contributed by atoms with Crippen molar-refractivity contribution < 1.29 is 18.7 Å². The number of hydrogen-bond donors (Lipinski definition) is 2. The monoisotopic (exact) mass is 486 g/mol. The summed E-state index contributed by atoms with van der Waals surface area (Å²) < 4.78 is 20.2. The topological polar surface area (TPSA) is 116 Å². The third-order valence-electron chi connectivity index (χ3n) is 6.36. The zero-order valence-electron chi connectivity index (χ0n) is 19.9. The van der Waals surface area contributed by atoms with Crippen molar-refractivity contribution in [3.63, 3.8) is 0 Å². The Morgan fingerprint density at radius 2 is 1.91 bits per heavy atom. The molecule has 0 aliphatic carbocycles. The Morgan fingerprint density at radius 1 is 1.11 bits per heavy atom. The first-order valence-corrected chi connectivity index (χ1v) is 11.7. The molecular weight excluding hydrogens is 455 g/mol. The molecule has 2 fully saturated rings. The third-order valence-corrected chi connectivity index (χ3v) is 6.36. The van der Waals surface area contributed by atoms with E-state index in [9.17, 15) is 14.0 Å². The fourth-order valence-electron chi connectivity index (χ4n) is 4.22. The van der Waals surface area contributed by atoms with Gasteiger partial charge in [0.25, 0.3) is 0 Å². The number of nitrogens with zero attached hydrogens (tertiary/aromatic N) is 6. The lowest BCUT2D eigenvalue weighted by molar-refractivity contribution is 0.133. The van der Waals surface area contributed by atoms with E-state index in [0.29, 0.717) is 18.3 Å². The molecular formula is C23H31FN8O3. The van der Waals surface area contributed by atoms with E-state index in [1.54, 1.807) is 36.3 Å². The smallest absolute Gasteiger partial charge is 0.391 e. The highest BCUT2D eigenvalue weighted by molar-refractivity contribution is 5.88. The number of halogens is 1. The molecule has 2 saturated heterocycles. The molecule has 12 heteroatoms. The second kappa shape index (κ2) is 11.3. The van der Waals surface area contributed by atoms with Gasteiger partial charge in [0.2, 0.25) is 11.8 Å². The van der Waals surface area contributed by atoms with Crippen molar-refractivity contribution in [3.8, 4) is 5.88 Å². The Hall–Kier alpha value is -3.54. The number of likely N-dealkylation sites (tertiary alicyclic amines) is 1. The van der Waals surface area contributed by atoms with Crippen LogP contribution in [0.25, 0.3) is 0 Å². The van der Waals surface area contributed by atoms with Crippen molar-refractivity contribution in [1.29, 1.82) is 0 Å². The van der Waals surface area contributed by atoms with Gasteiger partial charge in [-0.25, -0.2) is 23.9 Å². The molecule has 11 nitrogen and oxygen atoms in total. The summed E-state index contributed by atoms with van der Waals surface area (Å²) >= 11 is 0. The van der Waals surface area contributed by atoms with Gasteiger partial charge in [0, 0.05) is 44.6 Å². The van der Waals surface area contributed by atoms with Crippen molar-refractivity contribution in [2.75, 3.05) is 50.5 Å². The molecule has 0 aromatic carbocycles. The number of anilines is 2. The number of likely N-dealkylation sites (N-methyl/N-ethyl adjacent to an activating group) is 1. The van der Waals surface area contributed by atoms with Crippen LogP contribution in [0, 0.1) is 0 Å². The second-order valence-electron chi connectivity index (χ2n) is 8.88. The predicted molar refractivity (Wildman–Crippen MR) is 128 cm³/mol. The summed E-state index contributed by atoms with van der Waals surface area (Å²) in [6.07, 6.45) is 3.23. The van der Waals surface area contributed by atoms with E-state index in [1.807, 2.05) is 0 Å². The number of alkyl halides is 1. The summed E-state index contributed by atoms with van der Waals surface area (Å²) in [5.74, 6) is 0.810. The van der Waals surface area contributed by atoms with Crippen molar-refractivity contribution in [1.82, 2.24) is 30.1 Å². The molecule has 4 rings (SSSR count). The highest BCUT2D eigenvalue weighted by Gasteiger charge is 2.35. The number of aromatic nitrogens is 3. The second-order valence-corrected chi connectivity index (χ2v) is 8.88. The fraction of sp³-hybridized carbons (Fsp3) is 0.522. The van der Waals surface area contributed by atoms with Crippen molar-refractivity contribution in [3.05, 3.63) is 36.7 Å². The number of urea groups is 1. The number of rotatable bonds is 5. The average Bonchev–Trinajstić information content (AvgIpc) is 2.86. The molecule has 2 aromatic heterocycles. The molecule has 2 aliphatic heterocycles. The number of carbonyl (C=O) groups excluding carboxylic acids is 2. The highest BCUT2D eigenvalue weighted by Crippen LogP contribution is 2.23. The minimum absolute atomic E-state index is 0.0668. The van der Waals surface area contributed by atoms with E-state index in [2.05, 4.69) is 37.5 Å². The summed E-state index contributed by atoms with van der Waals surface area (Å²) in [7, 11) is 3.60. The van der Waals surface area contributed by atoms with Crippen LogP contribution in [0.3, 0.4) is 0 Å². The van der Waals surface area contributed by atoms with Crippen LogP contribution in [0.5, 0.6) is 5.88 Å². The van der Waals surface area contributed by atoms with E-state index in [4.69, 9.17) is 4.74 Å². The van der Waals surface area contributed by atoms with Gasteiger partial charge in [-0.3, -0.25) is 5.32 Å². The molecule has 2 N–H and O–H groups in total. The molecule has 3 amide bonds. The summed E-state index contributed by atoms with van der Waals surface area (Å²) in [6, 6.07) is 5.56. The Bertz CT molecular complexity index is 1010. The first kappa shape index (κ1) is 24.6. The van der Waals surface area contributed by atoms with Crippen molar-refractivity contribution in [2.24, 2.45) is 0 Å². The van der Waals surface area contributed by atoms with Gasteiger partial charge < -0.3 is 24.8 Å². The summed E-state index contributed by atoms with van der Waals surface area (Å²) in [5.41, 5.74) is 0. The number of hydrogen-bond acceptors (Lipinski definition) is 8. The van der Waals surface area contributed by atoms with Crippen molar-refractivity contribution in [2.45, 2.75) is 37.5 Å². The number of ether oxygens (including phenoxy) is 1. The maximum atomic E-state index is 14.8. The molecule has 188 valence electrons. The molecule has 2 atom stereocenters. The largest absolute Gasteiger partial charge is 0.414 e. The Kier molecular flexibility index (Phi) is 7.91. The van der Waals surface area contributed by atoms with E-state index in [0.717, 1.165) is 25.9 Å². The van der Waals surface area contributed by atoms with Gasteiger partial charge in [0.05, 0.1) is 6.04 Å². The first-order chi connectivity index (χ1) is 16.9. The molecule has 0 spiro atoms. The summed E-state index contributed by atoms with van der Waals surface area (Å²) in [4.78, 5) is 43.0. The zero-order valence-corrected chi connectivity index (χ0v) is 19.9. The van der Waals surface area contributed by atoms with Gasteiger partial charge in [-0.1, -0.05) is 6.07 Å². The van der Waals surface area contributed by atoms with Crippen LogP contribution in [0.1, 0.15) is 19.3 Å². The Labute approximate surface area is 203 Å². The lowest BCUT2D eigenvalue weighted by Crippen LogP contribution is -2.55. The average molecular weight is 487 g/mol. The standard InChI is InChI=1S/C23H31FN8O3/c1-30-12-7-16(8-13-30)27-23(34)35-20-6-11-26-21(29-20)32-14-9-17(24)18(15-32)31(2)22(33)28-19-5-3-4-10-25-19/h3-6,10-11,16-18H,7-9,12-15H2,1-2H3,(H,27,34)(H,25,28,33)/t17-,18+/m1/s1. The highest BCUT2D eigenvalue weighted by atomic mass is 19.1. The van der Waals surface area contributed by atoms with Crippen LogP contribution >= 0.6 is 0 Å². The molecule has 2 aliphatic rings. The molecule has 0 bridgehead atoms. The van der Waals surface area contributed by atoms with E-state index >= 15 is 0 Å². The minimum Gasteiger partial charge on any atom is -0.391 e. The summed E-state index contributed by atoms with van der Waals surface area (Å²) in [6.45, 7) is 2.41. The molecule has 2 aromatic rings. The fourth-order valence-corrected chi connectivity index (χ4v) is 4.22. The van der Waals surface area contributed by atoms with Crippen LogP contribution in [-0.4, -0.2) is 95.4 Å². The van der Waals surface area contributed by atoms with Crippen molar-refractivity contribution >= 4 is 23.9 Å². The van der Waals surface area contributed by atoms with Crippen LogP contribution < -0.4 is 20.3 Å². The molecule has 35 heavy (non-hydrogen) atoms. The molecule has 0 unspecified atom stereocenters. The van der Waals surface area contributed by atoms with Crippen LogP contribution in [0.2, 0.25) is 0 Å². The van der Waals surface area contributed by atoms with Crippen LogP contribution in [0.15, 0.2) is 36.7 Å². The molecule has 0 saturated carbocycles. The number of pyridine rings is 1. The normalized spacial score (nSPS) is 21.3.